The van der Waals surface area contributed by atoms with Crippen molar-refractivity contribution >= 4 is 21.9 Å². The van der Waals surface area contributed by atoms with Crippen molar-refractivity contribution in [2.45, 2.75) is 19.2 Å². The van der Waals surface area contributed by atoms with Gasteiger partial charge in [0.15, 0.2) is 0 Å². The molecule has 0 unspecified atom stereocenters. The number of nitrogens with zero attached hydrogens (tertiary/aromatic N) is 1. The molecule has 0 aliphatic rings. The summed E-state index contributed by atoms with van der Waals surface area (Å²) in [5.41, 5.74) is 0.398. The first-order valence-electron chi connectivity index (χ1n) is 5.21. The van der Waals surface area contributed by atoms with Crippen LogP contribution in [0, 0.1) is 5.41 Å². The molecule has 1 aromatic heterocycles. The Kier molecular flexibility index (Phi) is 4.93. The van der Waals surface area contributed by atoms with E-state index in [1.165, 1.54) is 7.11 Å². The molecule has 1 rings (SSSR count). The van der Waals surface area contributed by atoms with Crippen molar-refractivity contribution in [2.24, 2.45) is 5.41 Å². The number of carbonyl (C=O) groups excluding carboxylic acids is 1. The molecule has 0 aliphatic heterocycles. The summed E-state index contributed by atoms with van der Waals surface area (Å²) in [5, 5.41) is 0.758. The third kappa shape index (κ3) is 4.00. The molecule has 0 fully saturated rings. The molecule has 0 aromatic carbocycles. The van der Waals surface area contributed by atoms with Crippen molar-refractivity contribution < 1.29 is 14.3 Å². The van der Waals surface area contributed by atoms with Crippen molar-refractivity contribution in [3.05, 3.63) is 23.9 Å². The van der Waals surface area contributed by atoms with E-state index in [2.05, 4.69) is 20.9 Å². The van der Waals surface area contributed by atoms with Gasteiger partial charge >= 0.3 is 5.97 Å². The molecule has 0 bridgehead atoms. The van der Waals surface area contributed by atoms with Crippen molar-refractivity contribution in [1.82, 2.24) is 4.98 Å². The number of carbonyl (C=O) groups is 1. The number of alkyl halides is 1. The summed E-state index contributed by atoms with van der Waals surface area (Å²) < 4.78 is 10.2. The van der Waals surface area contributed by atoms with Gasteiger partial charge in [0.25, 0.3) is 0 Å². The summed E-state index contributed by atoms with van der Waals surface area (Å²) in [6, 6.07) is 3.70. The minimum atomic E-state index is -0.676. The van der Waals surface area contributed by atoms with E-state index in [0.29, 0.717) is 5.88 Å². The van der Waals surface area contributed by atoms with Crippen molar-refractivity contribution in [2.75, 3.05) is 13.7 Å². The summed E-state index contributed by atoms with van der Waals surface area (Å²) in [4.78, 5) is 15.6. The van der Waals surface area contributed by atoms with Gasteiger partial charge in [-0.25, -0.2) is 4.98 Å². The Balaban J connectivity index is 2.57. The van der Waals surface area contributed by atoms with E-state index in [0.717, 1.165) is 10.9 Å². The van der Waals surface area contributed by atoms with Crippen LogP contribution in [-0.4, -0.2) is 24.7 Å². The van der Waals surface area contributed by atoms with Gasteiger partial charge < -0.3 is 9.47 Å². The van der Waals surface area contributed by atoms with Gasteiger partial charge in [0, 0.05) is 17.6 Å². The van der Waals surface area contributed by atoms with Gasteiger partial charge in [-0.3, -0.25) is 4.79 Å². The molecule has 0 saturated heterocycles. The van der Waals surface area contributed by atoms with Gasteiger partial charge in [-0.05, 0) is 19.4 Å². The molecule has 94 valence electrons. The van der Waals surface area contributed by atoms with E-state index >= 15 is 0 Å². The van der Waals surface area contributed by atoms with Crippen LogP contribution in [0.4, 0.5) is 0 Å². The minimum Gasteiger partial charge on any atom is -0.476 e. The van der Waals surface area contributed by atoms with Gasteiger partial charge in [-0.2, -0.15) is 0 Å². The first-order valence-corrected chi connectivity index (χ1v) is 6.34. The standard InChI is InChI=1S/C12H16BrNO3/c1-12(2,11(15)16-3)8-17-10-5-4-9(6-13)7-14-10/h4-5,7H,6,8H2,1-3H3. The second-order valence-electron chi connectivity index (χ2n) is 4.30. The number of rotatable bonds is 5. The Morgan fingerprint density at radius 2 is 2.18 bits per heavy atom. The number of esters is 1. The lowest BCUT2D eigenvalue weighted by molar-refractivity contribution is -0.152. The molecule has 0 saturated carbocycles. The molecule has 0 spiro atoms. The Bertz CT molecular complexity index is 376. The molecule has 1 aromatic rings. The van der Waals surface area contributed by atoms with E-state index in [1.807, 2.05) is 6.07 Å². The first kappa shape index (κ1) is 14.0. The second kappa shape index (κ2) is 6.00. The Hall–Kier alpha value is -1.10. The largest absolute Gasteiger partial charge is 0.476 e. The summed E-state index contributed by atoms with van der Waals surface area (Å²) in [7, 11) is 1.37. The Morgan fingerprint density at radius 1 is 1.47 bits per heavy atom. The lowest BCUT2D eigenvalue weighted by Gasteiger charge is -2.21. The maximum Gasteiger partial charge on any atom is 0.314 e. The SMILES string of the molecule is COC(=O)C(C)(C)COc1ccc(CBr)cn1. The van der Waals surface area contributed by atoms with Crippen LogP contribution in [0.1, 0.15) is 19.4 Å². The number of halogens is 1. The fourth-order valence-electron chi connectivity index (χ4n) is 1.16. The molecule has 17 heavy (non-hydrogen) atoms. The van der Waals surface area contributed by atoms with Crippen LogP contribution in [0.25, 0.3) is 0 Å². The van der Waals surface area contributed by atoms with Crippen LogP contribution in [0.2, 0.25) is 0 Å². The average Bonchev–Trinajstić information content (AvgIpc) is 2.36. The second-order valence-corrected chi connectivity index (χ2v) is 4.86. The van der Waals surface area contributed by atoms with Crippen LogP contribution < -0.4 is 4.74 Å². The summed E-state index contributed by atoms with van der Waals surface area (Å²) in [6.07, 6.45) is 1.73. The number of ether oxygens (including phenoxy) is 2. The van der Waals surface area contributed by atoms with Crippen molar-refractivity contribution in [3.63, 3.8) is 0 Å². The van der Waals surface area contributed by atoms with Crippen LogP contribution in [-0.2, 0) is 14.9 Å². The quantitative estimate of drug-likeness (QED) is 0.619. The highest BCUT2D eigenvalue weighted by Crippen LogP contribution is 2.19. The third-order valence-electron chi connectivity index (χ3n) is 2.27. The maximum atomic E-state index is 11.4. The smallest absolute Gasteiger partial charge is 0.314 e. The molecule has 1 heterocycles. The zero-order chi connectivity index (χ0) is 12.9. The summed E-state index contributed by atoms with van der Waals surface area (Å²) in [6.45, 7) is 3.78. The fraction of sp³-hybridized carbons (Fsp3) is 0.500. The molecule has 0 radical (unpaired) electrons. The van der Waals surface area contributed by atoms with Gasteiger partial charge in [0.05, 0.1) is 12.5 Å². The summed E-state index contributed by atoms with van der Waals surface area (Å²) in [5.74, 6) is 0.209. The topological polar surface area (TPSA) is 48.4 Å². The average molecular weight is 302 g/mol. The van der Waals surface area contributed by atoms with Crippen molar-refractivity contribution in [1.29, 1.82) is 0 Å². The highest BCUT2D eigenvalue weighted by atomic mass is 79.9. The molecule has 0 aliphatic carbocycles. The van der Waals surface area contributed by atoms with Crippen LogP contribution in [0.5, 0.6) is 5.88 Å². The van der Waals surface area contributed by atoms with Gasteiger partial charge in [-0.15, -0.1) is 0 Å². The van der Waals surface area contributed by atoms with Gasteiger partial charge in [-0.1, -0.05) is 22.0 Å². The molecule has 4 nitrogen and oxygen atoms in total. The van der Waals surface area contributed by atoms with Crippen LogP contribution in [0.3, 0.4) is 0 Å². The Morgan fingerprint density at radius 3 is 2.65 bits per heavy atom. The first-order chi connectivity index (χ1) is 7.99. The zero-order valence-electron chi connectivity index (χ0n) is 10.2. The number of aromatic nitrogens is 1. The predicted octanol–water partition coefficient (Wildman–Crippen LogP) is 2.55. The number of pyridine rings is 1. The molecule has 5 heteroatoms. The number of hydrogen-bond donors (Lipinski definition) is 0. The fourth-order valence-corrected chi connectivity index (χ4v) is 1.50. The highest BCUT2D eigenvalue weighted by Gasteiger charge is 2.29. The number of methoxy groups -OCH3 is 1. The summed E-state index contributed by atoms with van der Waals surface area (Å²) >= 11 is 3.34. The van der Waals surface area contributed by atoms with E-state index < -0.39 is 5.41 Å². The minimum absolute atomic E-state index is 0.236. The van der Waals surface area contributed by atoms with E-state index in [-0.39, 0.29) is 12.6 Å². The van der Waals surface area contributed by atoms with Crippen LogP contribution >= 0.6 is 15.9 Å². The monoisotopic (exact) mass is 301 g/mol. The highest BCUT2D eigenvalue weighted by molar-refractivity contribution is 9.08. The van der Waals surface area contributed by atoms with E-state index in [1.54, 1.807) is 26.1 Å². The van der Waals surface area contributed by atoms with Crippen LogP contribution in [0.15, 0.2) is 18.3 Å². The normalized spacial score (nSPS) is 11.1. The lowest BCUT2D eigenvalue weighted by atomic mass is 9.95. The van der Waals surface area contributed by atoms with Gasteiger partial charge in [0.1, 0.15) is 6.61 Å². The molecule has 0 atom stereocenters. The molecule has 0 N–H and O–H groups in total. The molecule has 0 amide bonds. The zero-order valence-corrected chi connectivity index (χ0v) is 11.8. The van der Waals surface area contributed by atoms with E-state index in [4.69, 9.17) is 9.47 Å². The van der Waals surface area contributed by atoms with E-state index in [9.17, 15) is 4.79 Å². The third-order valence-corrected chi connectivity index (χ3v) is 2.92. The molecular weight excluding hydrogens is 286 g/mol. The molecular formula is C12H16BrNO3. The predicted molar refractivity (Wildman–Crippen MR) is 68.2 cm³/mol. The maximum absolute atomic E-state index is 11.4. The van der Waals surface area contributed by atoms with Crippen molar-refractivity contribution in [3.8, 4) is 5.88 Å². The number of hydrogen-bond acceptors (Lipinski definition) is 4. The van der Waals surface area contributed by atoms with Gasteiger partial charge in [0.2, 0.25) is 5.88 Å². The lowest BCUT2D eigenvalue weighted by Crippen LogP contribution is -2.32. The Labute approximate surface area is 109 Å².